The van der Waals surface area contributed by atoms with E-state index in [0.717, 1.165) is 11.3 Å². The van der Waals surface area contributed by atoms with Gasteiger partial charge in [0.1, 0.15) is 11.6 Å². The van der Waals surface area contributed by atoms with Crippen molar-refractivity contribution in [1.82, 2.24) is 9.78 Å². The van der Waals surface area contributed by atoms with Crippen molar-refractivity contribution in [2.24, 2.45) is 0 Å². The van der Waals surface area contributed by atoms with Gasteiger partial charge < -0.3 is 4.74 Å². The summed E-state index contributed by atoms with van der Waals surface area (Å²) in [4.78, 5) is 11.7. The van der Waals surface area contributed by atoms with Gasteiger partial charge in [-0.1, -0.05) is 17.7 Å². The summed E-state index contributed by atoms with van der Waals surface area (Å²) in [6.07, 6.45) is 1.52. The molecular weight excluding hydrogens is 242 g/mol. The van der Waals surface area contributed by atoms with Gasteiger partial charge in [-0.2, -0.15) is 10.4 Å². The fourth-order valence-electron chi connectivity index (χ4n) is 1.64. The second-order valence-corrected chi connectivity index (χ2v) is 4.00. The zero-order valence-electron chi connectivity index (χ0n) is 10.8. The van der Waals surface area contributed by atoms with Crippen LogP contribution in [0, 0.1) is 18.3 Å². The molecule has 0 aliphatic rings. The van der Waals surface area contributed by atoms with Crippen LogP contribution in [0.1, 0.15) is 28.5 Å². The molecule has 5 nitrogen and oxygen atoms in total. The fraction of sp³-hybridized carbons (Fsp3) is 0.214. The van der Waals surface area contributed by atoms with Gasteiger partial charge in [0.25, 0.3) is 0 Å². The average Bonchev–Trinajstić information content (AvgIpc) is 2.84. The summed E-state index contributed by atoms with van der Waals surface area (Å²) in [6, 6.07) is 9.57. The van der Waals surface area contributed by atoms with Crippen LogP contribution < -0.4 is 0 Å². The van der Waals surface area contributed by atoms with Crippen LogP contribution in [-0.4, -0.2) is 22.4 Å². The summed E-state index contributed by atoms with van der Waals surface area (Å²) in [7, 11) is 0. The number of benzene rings is 1. The number of aromatic nitrogens is 2. The first-order valence-electron chi connectivity index (χ1n) is 5.89. The Labute approximate surface area is 111 Å². The van der Waals surface area contributed by atoms with Gasteiger partial charge in [0.15, 0.2) is 5.69 Å². The Morgan fingerprint density at radius 3 is 2.68 bits per heavy atom. The van der Waals surface area contributed by atoms with Gasteiger partial charge in [-0.25, -0.2) is 9.48 Å². The standard InChI is InChI=1S/C14H13N3O2/c1-3-19-14(18)13-11(8-15)9-17(16-13)12-6-4-10(2)5-7-12/h4-7,9H,3H2,1-2H3. The smallest absolute Gasteiger partial charge is 0.360 e. The minimum atomic E-state index is -0.579. The third kappa shape index (κ3) is 2.63. The maximum Gasteiger partial charge on any atom is 0.360 e. The highest BCUT2D eigenvalue weighted by Gasteiger charge is 2.18. The van der Waals surface area contributed by atoms with Crippen LogP contribution >= 0.6 is 0 Å². The number of ether oxygens (including phenoxy) is 1. The van der Waals surface area contributed by atoms with Crippen molar-refractivity contribution in [2.45, 2.75) is 13.8 Å². The first kappa shape index (κ1) is 12.8. The topological polar surface area (TPSA) is 67.9 Å². The van der Waals surface area contributed by atoms with Crippen molar-refractivity contribution in [3.05, 3.63) is 47.3 Å². The van der Waals surface area contributed by atoms with E-state index in [4.69, 9.17) is 10.00 Å². The van der Waals surface area contributed by atoms with Crippen LogP contribution in [-0.2, 0) is 4.74 Å². The lowest BCUT2D eigenvalue weighted by Gasteiger charge is -2.01. The number of nitrogens with zero attached hydrogens (tertiary/aromatic N) is 3. The molecule has 0 saturated heterocycles. The molecule has 0 N–H and O–H groups in total. The second kappa shape index (κ2) is 5.36. The van der Waals surface area contributed by atoms with Gasteiger partial charge in [0, 0.05) is 6.20 Å². The second-order valence-electron chi connectivity index (χ2n) is 4.00. The maximum atomic E-state index is 11.7. The Morgan fingerprint density at radius 1 is 1.42 bits per heavy atom. The van der Waals surface area contributed by atoms with E-state index >= 15 is 0 Å². The van der Waals surface area contributed by atoms with E-state index in [2.05, 4.69) is 5.10 Å². The van der Waals surface area contributed by atoms with Crippen molar-refractivity contribution in [1.29, 1.82) is 5.26 Å². The van der Waals surface area contributed by atoms with Crippen LogP contribution in [0.5, 0.6) is 0 Å². The largest absolute Gasteiger partial charge is 0.461 e. The molecule has 0 atom stereocenters. The molecule has 0 amide bonds. The monoisotopic (exact) mass is 255 g/mol. The minimum absolute atomic E-state index is 0.0462. The highest BCUT2D eigenvalue weighted by atomic mass is 16.5. The lowest BCUT2D eigenvalue weighted by Crippen LogP contribution is -2.08. The lowest BCUT2D eigenvalue weighted by atomic mass is 10.2. The summed E-state index contributed by atoms with van der Waals surface area (Å²) in [5.74, 6) is -0.579. The molecule has 0 aliphatic carbocycles. The highest BCUT2D eigenvalue weighted by molar-refractivity contribution is 5.90. The van der Waals surface area contributed by atoms with Crippen molar-refractivity contribution in [2.75, 3.05) is 6.61 Å². The van der Waals surface area contributed by atoms with Crippen LogP contribution in [0.25, 0.3) is 5.69 Å². The van der Waals surface area contributed by atoms with E-state index in [9.17, 15) is 4.79 Å². The maximum absolute atomic E-state index is 11.7. The van der Waals surface area contributed by atoms with E-state index in [0.29, 0.717) is 0 Å². The zero-order chi connectivity index (χ0) is 13.8. The minimum Gasteiger partial charge on any atom is -0.461 e. The number of hydrogen-bond donors (Lipinski definition) is 0. The van der Waals surface area contributed by atoms with Crippen LogP contribution in [0.3, 0.4) is 0 Å². The SMILES string of the molecule is CCOC(=O)c1nn(-c2ccc(C)cc2)cc1C#N. The third-order valence-corrected chi connectivity index (χ3v) is 2.60. The van der Waals surface area contributed by atoms with Gasteiger partial charge in [0.05, 0.1) is 12.3 Å². The number of aryl methyl sites for hydroxylation is 1. The van der Waals surface area contributed by atoms with E-state index in [1.807, 2.05) is 37.3 Å². The molecule has 1 aromatic carbocycles. The Balaban J connectivity index is 2.41. The Hall–Kier alpha value is -2.61. The van der Waals surface area contributed by atoms with Crippen LogP contribution in [0.15, 0.2) is 30.5 Å². The van der Waals surface area contributed by atoms with E-state index in [1.165, 1.54) is 10.9 Å². The fourth-order valence-corrected chi connectivity index (χ4v) is 1.64. The first-order valence-corrected chi connectivity index (χ1v) is 5.89. The molecule has 2 rings (SSSR count). The summed E-state index contributed by atoms with van der Waals surface area (Å²) in [6.45, 7) is 3.94. The molecule has 0 aliphatic heterocycles. The van der Waals surface area contributed by atoms with Crippen molar-refractivity contribution in [3.8, 4) is 11.8 Å². The molecule has 0 bridgehead atoms. The summed E-state index contributed by atoms with van der Waals surface area (Å²) >= 11 is 0. The Kier molecular flexibility index (Phi) is 3.62. The quantitative estimate of drug-likeness (QED) is 0.789. The summed E-state index contributed by atoms with van der Waals surface area (Å²) in [5.41, 5.74) is 2.17. The number of nitriles is 1. The molecule has 1 heterocycles. The molecule has 0 fully saturated rings. The van der Waals surface area contributed by atoms with E-state index < -0.39 is 5.97 Å². The molecule has 0 unspecified atom stereocenters. The lowest BCUT2D eigenvalue weighted by molar-refractivity contribution is 0.0518. The summed E-state index contributed by atoms with van der Waals surface area (Å²) < 4.78 is 6.38. The predicted octanol–water partition coefficient (Wildman–Crippen LogP) is 2.23. The Bertz CT molecular complexity index is 636. The van der Waals surface area contributed by atoms with Crippen LogP contribution in [0.2, 0.25) is 0 Å². The number of rotatable bonds is 3. The van der Waals surface area contributed by atoms with Crippen molar-refractivity contribution < 1.29 is 9.53 Å². The predicted molar refractivity (Wildman–Crippen MR) is 69.0 cm³/mol. The van der Waals surface area contributed by atoms with E-state index in [-0.39, 0.29) is 17.9 Å². The van der Waals surface area contributed by atoms with Gasteiger partial charge in [-0.05, 0) is 26.0 Å². The number of carbonyl (C=O) groups excluding carboxylic acids is 1. The average molecular weight is 255 g/mol. The highest BCUT2D eigenvalue weighted by Crippen LogP contribution is 2.13. The molecule has 0 radical (unpaired) electrons. The molecule has 5 heteroatoms. The normalized spacial score (nSPS) is 9.95. The van der Waals surface area contributed by atoms with Gasteiger partial charge >= 0.3 is 5.97 Å². The number of hydrogen-bond acceptors (Lipinski definition) is 4. The molecule has 19 heavy (non-hydrogen) atoms. The molecule has 0 saturated carbocycles. The van der Waals surface area contributed by atoms with Crippen LogP contribution in [0.4, 0.5) is 0 Å². The summed E-state index contributed by atoms with van der Waals surface area (Å²) in [5, 5.41) is 13.1. The third-order valence-electron chi connectivity index (χ3n) is 2.60. The van der Waals surface area contributed by atoms with Gasteiger partial charge in [0.2, 0.25) is 0 Å². The number of esters is 1. The molecule has 1 aromatic heterocycles. The Morgan fingerprint density at radius 2 is 2.11 bits per heavy atom. The van der Waals surface area contributed by atoms with Crippen molar-refractivity contribution in [3.63, 3.8) is 0 Å². The molecule has 2 aromatic rings. The van der Waals surface area contributed by atoms with Crippen molar-refractivity contribution >= 4 is 5.97 Å². The molecule has 0 spiro atoms. The zero-order valence-corrected chi connectivity index (χ0v) is 10.8. The van der Waals surface area contributed by atoms with E-state index in [1.54, 1.807) is 6.92 Å². The molecule has 96 valence electrons. The van der Waals surface area contributed by atoms with Gasteiger partial charge in [-0.15, -0.1) is 0 Å². The first-order chi connectivity index (χ1) is 9.15. The molecular formula is C14H13N3O2. The van der Waals surface area contributed by atoms with Gasteiger partial charge in [-0.3, -0.25) is 0 Å². The number of carbonyl (C=O) groups is 1.